The van der Waals surface area contributed by atoms with Crippen molar-refractivity contribution >= 4 is 11.4 Å². The monoisotopic (exact) mass is 149 g/mol. The first-order valence-electron chi connectivity index (χ1n) is 3.68. The molecule has 0 saturated carbocycles. The molecule has 0 atom stereocenters. The topological polar surface area (TPSA) is 55.3 Å². The second kappa shape index (κ2) is 2.13. The summed E-state index contributed by atoms with van der Waals surface area (Å²) in [6, 6.07) is 5.87. The first-order valence-corrected chi connectivity index (χ1v) is 3.68. The number of benzene rings is 1. The molecule has 2 rings (SSSR count). The van der Waals surface area contributed by atoms with Crippen molar-refractivity contribution in [2.75, 3.05) is 17.3 Å². The first-order chi connectivity index (χ1) is 5.27. The molecule has 0 aromatic heterocycles. The molecule has 4 N–H and O–H groups in total. The van der Waals surface area contributed by atoms with Gasteiger partial charge in [-0.05, 0) is 24.1 Å². The SMILES string of the molecule is Nc1ccc2c(c1)N(N)CC2. The Hall–Kier alpha value is -1.22. The molecule has 1 aliphatic rings. The van der Waals surface area contributed by atoms with Crippen molar-refractivity contribution in [1.29, 1.82) is 0 Å². The minimum Gasteiger partial charge on any atom is -0.399 e. The van der Waals surface area contributed by atoms with Gasteiger partial charge in [0, 0.05) is 12.2 Å². The van der Waals surface area contributed by atoms with Crippen LogP contribution >= 0.6 is 0 Å². The summed E-state index contributed by atoms with van der Waals surface area (Å²) in [4.78, 5) is 0. The minimum atomic E-state index is 0.779. The quantitative estimate of drug-likeness (QED) is 0.417. The summed E-state index contributed by atoms with van der Waals surface area (Å²) in [5, 5.41) is 1.74. The molecule has 0 radical (unpaired) electrons. The Balaban J connectivity index is 2.52. The van der Waals surface area contributed by atoms with Crippen molar-refractivity contribution in [1.82, 2.24) is 0 Å². The summed E-state index contributed by atoms with van der Waals surface area (Å²) in [6.45, 7) is 0.902. The molecule has 3 nitrogen and oxygen atoms in total. The predicted molar refractivity (Wildman–Crippen MR) is 46.1 cm³/mol. The van der Waals surface area contributed by atoms with Crippen LogP contribution < -0.4 is 16.6 Å². The van der Waals surface area contributed by atoms with Crippen LogP contribution in [0.1, 0.15) is 5.56 Å². The van der Waals surface area contributed by atoms with Crippen molar-refractivity contribution in [2.24, 2.45) is 5.84 Å². The molecule has 0 saturated heterocycles. The highest BCUT2D eigenvalue weighted by atomic mass is 15.4. The number of fused-ring (bicyclic) bond motifs is 1. The predicted octanol–water partition coefficient (Wildman–Crippen LogP) is 0.505. The van der Waals surface area contributed by atoms with Gasteiger partial charge in [-0.2, -0.15) is 0 Å². The number of hydrazine groups is 1. The first kappa shape index (κ1) is 6.49. The Bertz CT molecular complexity index is 283. The Morgan fingerprint density at radius 1 is 1.36 bits per heavy atom. The Morgan fingerprint density at radius 2 is 2.18 bits per heavy atom. The van der Waals surface area contributed by atoms with Gasteiger partial charge in [0.1, 0.15) is 0 Å². The van der Waals surface area contributed by atoms with Crippen molar-refractivity contribution in [3.63, 3.8) is 0 Å². The van der Waals surface area contributed by atoms with Gasteiger partial charge in [0.25, 0.3) is 0 Å². The number of nitrogens with two attached hydrogens (primary N) is 2. The second-order valence-corrected chi connectivity index (χ2v) is 2.83. The van der Waals surface area contributed by atoms with E-state index < -0.39 is 0 Å². The number of rotatable bonds is 0. The molecule has 1 aromatic rings. The molecule has 1 aliphatic heterocycles. The summed E-state index contributed by atoms with van der Waals surface area (Å²) in [5.41, 5.74) is 8.76. The number of nitrogen functional groups attached to an aromatic ring is 1. The lowest BCUT2D eigenvalue weighted by atomic mass is 10.1. The van der Waals surface area contributed by atoms with Crippen LogP contribution in [0.4, 0.5) is 11.4 Å². The van der Waals surface area contributed by atoms with E-state index in [0.717, 1.165) is 24.3 Å². The second-order valence-electron chi connectivity index (χ2n) is 2.83. The standard InChI is InChI=1S/C8H11N3/c9-7-2-1-6-3-4-11(10)8(6)5-7/h1-2,5H,3-4,9-10H2. The zero-order valence-electron chi connectivity index (χ0n) is 6.25. The zero-order chi connectivity index (χ0) is 7.84. The van der Waals surface area contributed by atoms with E-state index in [2.05, 4.69) is 0 Å². The third kappa shape index (κ3) is 0.935. The minimum absolute atomic E-state index is 0.779. The maximum absolute atomic E-state index is 5.69. The average Bonchev–Trinajstić information content (AvgIpc) is 2.33. The van der Waals surface area contributed by atoms with Crippen LogP contribution in [0, 0.1) is 0 Å². The number of hydrogen-bond acceptors (Lipinski definition) is 3. The van der Waals surface area contributed by atoms with Crippen LogP contribution in [-0.4, -0.2) is 6.54 Å². The third-order valence-corrected chi connectivity index (χ3v) is 2.04. The molecule has 1 aromatic carbocycles. The highest BCUT2D eigenvalue weighted by Crippen LogP contribution is 2.26. The van der Waals surface area contributed by atoms with Crippen molar-refractivity contribution in [3.05, 3.63) is 23.8 Å². The van der Waals surface area contributed by atoms with Crippen LogP contribution in [0.5, 0.6) is 0 Å². The summed E-state index contributed by atoms with van der Waals surface area (Å²) < 4.78 is 0. The van der Waals surface area contributed by atoms with Gasteiger partial charge in [0.2, 0.25) is 0 Å². The fourth-order valence-corrected chi connectivity index (χ4v) is 1.42. The molecule has 0 spiro atoms. The van der Waals surface area contributed by atoms with Crippen molar-refractivity contribution in [3.8, 4) is 0 Å². The molecule has 0 bridgehead atoms. The van der Waals surface area contributed by atoms with Gasteiger partial charge >= 0.3 is 0 Å². The number of nitrogens with zero attached hydrogens (tertiary/aromatic N) is 1. The van der Waals surface area contributed by atoms with E-state index >= 15 is 0 Å². The van der Waals surface area contributed by atoms with E-state index in [1.165, 1.54) is 5.56 Å². The summed E-state index contributed by atoms with van der Waals surface area (Å²) in [6.07, 6.45) is 1.03. The Labute approximate surface area is 65.6 Å². The zero-order valence-corrected chi connectivity index (χ0v) is 6.25. The molecule has 0 amide bonds. The molecule has 0 unspecified atom stereocenters. The number of hydrogen-bond donors (Lipinski definition) is 2. The van der Waals surface area contributed by atoms with Crippen LogP contribution in [0.3, 0.4) is 0 Å². The van der Waals surface area contributed by atoms with E-state index in [9.17, 15) is 0 Å². The highest BCUT2D eigenvalue weighted by molar-refractivity contribution is 5.63. The summed E-state index contributed by atoms with van der Waals surface area (Å²) >= 11 is 0. The van der Waals surface area contributed by atoms with E-state index in [0.29, 0.717) is 0 Å². The largest absolute Gasteiger partial charge is 0.399 e. The molecule has 1 heterocycles. The third-order valence-electron chi connectivity index (χ3n) is 2.04. The van der Waals surface area contributed by atoms with E-state index in [1.807, 2.05) is 18.2 Å². The van der Waals surface area contributed by atoms with Gasteiger partial charge < -0.3 is 10.7 Å². The van der Waals surface area contributed by atoms with Gasteiger partial charge in [0.05, 0.1) is 5.69 Å². The molecule has 0 fully saturated rings. The molecule has 3 heteroatoms. The fraction of sp³-hybridized carbons (Fsp3) is 0.250. The molecule has 11 heavy (non-hydrogen) atoms. The Kier molecular flexibility index (Phi) is 1.26. The Morgan fingerprint density at radius 3 is 3.00 bits per heavy atom. The van der Waals surface area contributed by atoms with Gasteiger partial charge in [0.15, 0.2) is 0 Å². The molecular formula is C8H11N3. The van der Waals surface area contributed by atoms with Gasteiger partial charge in [-0.1, -0.05) is 6.07 Å². The van der Waals surface area contributed by atoms with Crippen LogP contribution in [0.15, 0.2) is 18.2 Å². The van der Waals surface area contributed by atoms with E-state index in [1.54, 1.807) is 5.01 Å². The number of anilines is 2. The lowest BCUT2D eigenvalue weighted by molar-refractivity contribution is 0.891. The van der Waals surface area contributed by atoms with Crippen molar-refractivity contribution in [2.45, 2.75) is 6.42 Å². The van der Waals surface area contributed by atoms with Crippen LogP contribution in [-0.2, 0) is 6.42 Å². The van der Waals surface area contributed by atoms with E-state index in [4.69, 9.17) is 11.6 Å². The van der Waals surface area contributed by atoms with Crippen LogP contribution in [0.2, 0.25) is 0 Å². The lowest BCUT2D eigenvalue weighted by Gasteiger charge is -2.11. The molecular weight excluding hydrogens is 138 g/mol. The highest BCUT2D eigenvalue weighted by Gasteiger charge is 2.15. The molecule has 58 valence electrons. The average molecular weight is 149 g/mol. The van der Waals surface area contributed by atoms with Gasteiger partial charge in [-0.15, -0.1) is 0 Å². The summed E-state index contributed by atoms with van der Waals surface area (Å²) in [5.74, 6) is 5.69. The van der Waals surface area contributed by atoms with Gasteiger partial charge in [-0.25, -0.2) is 5.84 Å². The van der Waals surface area contributed by atoms with E-state index in [-0.39, 0.29) is 0 Å². The fourth-order valence-electron chi connectivity index (χ4n) is 1.42. The lowest BCUT2D eigenvalue weighted by Crippen LogP contribution is -2.28. The normalized spacial score (nSPS) is 15.2. The summed E-state index contributed by atoms with van der Waals surface area (Å²) in [7, 11) is 0. The maximum Gasteiger partial charge on any atom is 0.0570 e. The van der Waals surface area contributed by atoms with Crippen LogP contribution in [0.25, 0.3) is 0 Å². The maximum atomic E-state index is 5.69. The smallest absolute Gasteiger partial charge is 0.0570 e. The molecule has 0 aliphatic carbocycles. The van der Waals surface area contributed by atoms with Gasteiger partial charge in [-0.3, -0.25) is 0 Å². The van der Waals surface area contributed by atoms with Crippen molar-refractivity contribution < 1.29 is 0 Å².